The molecule has 1 aliphatic heterocycles. The van der Waals surface area contributed by atoms with E-state index in [0.29, 0.717) is 0 Å². The van der Waals surface area contributed by atoms with Gasteiger partial charge in [0.1, 0.15) is 18.3 Å². The van der Waals surface area contributed by atoms with Gasteiger partial charge in [0.25, 0.3) is 10.1 Å². The fourth-order valence-electron chi connectivity index (χ4n) is 5.32. The molecular weight excluding hydrogens is 620 g/mol. The molecule has 5 atom stereocenters. The number of ether oxygens (including phenoxy) is 5. The molecule has 0 N–H and O–H groups in total. The van der Waals surface area contributed by atoms with Crippen molar-refractivity contribution in [2.45, 2.75) is 68.6 Å². The third-order valence-corrected chi connectivity index (χ3v) is 9.18. The Morgan fingerprint density at radius 3 is 1.85 bits per heavy atom. The molecule has 1 aliphatic rings. The van der Waals surface area contributed by atoms with Crippen LogP contribution in [0.15, 0.2) is 120 Å². The van der Waals surface area contributed by atoms with Crippen molar-refractivity contribution in [3.8, 4) is 0 Å². The molecule has 1 fully saturated rings. The molecule has 0 aromatic heterocycles. The number of aryl methyl sites for hydroxylation is 1. The minimum absolute atomic E-state index is 0.0165. The van der Waals surface area contributed by atoms with Crippen molar-refractivity contribution in [3.05, 3.63) is 138 Å². The molecule has 1 heterocycles. The van der Waals surface area contributed by atoms with E-state index in [1.165, 1.54) is 19.2 Å². The van der Waals surface area contributed by atoms with Crippen LogP contribution in [0.5, 0.6) is 0 Å². The lowest BCUT2D eigenvalue weighted by atomic mass is 9.93. The van der Waals surface area contributed by atoms with Gasteiger partial charge >= 0.3 is 5.97 Å². The molecule has 0 bridgehead atoms. The largest absolute Gasteiger partial charge is 0.467 e. The molecule has 0 aliphatic carbocycles. The summed E-state index contributed by atoms with van der Waals surface area (Å²) in [6.45, 7) is 2.06. The minimum atomic E-state index is -4.16. The van der Waals surface area contributed by atoms with Gasteiger partial charge in [-0.25, -0.2) is 4.79 Å². The van der Waals surface area contributed by atoms with Crippen molar-refractivity contribution in [2.24, 2.45) is 0 Å². The van der Waals surface area contributed by atoms with Crippen LogP contribution in [-0.2, 0) is 62.6 Å². The third-order valence-electron chi connectivity index (χ3n) is 7.88. The standard InChI is InChI=1S/C37H40O9S/c1-27-18-20-31(21-19-27)47(39,40)45-26-34(43-24-29-14-8-4-9-15-29)36-35(44-25-30-16-10-5-11-17-30)32(22-33(46-36)37(38)41-2)42-23-28-12-6-3-7-13-28/h3-21,32-36H,22-26H2,1-2H3/t32-,33+,34-,35-,36-/m1/s1. The molecule has 4 aromatic carbocycles. The van der Waals surface area contributed by atoms with Crippen LogP contribution in [0, 0.1) is 6.92 Å². The zero-order valence-corrected chi connectivity index (χ0v) is 27.3. The van der Waals surface area contributed by atoms with Gasteiger partial charge in [-0.3, -0.25) is 4.18 Å². The molecule has 0 radical (unpaired) electrons. The van der Waals surface area contributed by atoms with Gasteiger partial charge in [0.15, 0.2) is 6.10 Å². The zero-order valence-electron chi connectivity index (χ0n) is 26.5. The number of benzene rings is 4. The molecule has 10 heteroatoms. The average molecular weight is 661 g/mol. The van der Waals surface area contributed by atoms with Crippen LogP contribution < -0.4 is 0 Å². The molecular formula is C37H40O9S. The highest BCUT2D eigenvalue weighted by Gasteiger charge is 2.47. The second-order valence-electron chi connectivity index (χ2n) is 11.3. The molecule has 0 spiro atoms. The first-order valence-electron chi connectivity index (χ1n) is 15.5. The topological polar surface area (TPSA) is 107 Å². The summed E-state index contributed by atoms with van der Waals surface area (Å²) in [5.74, 6) is -0.583. The van der Waals surface area contributed by atoms with Crippen LogP contribution in [0.3, 0.4) is 0 Å². The second kappa shape index (κ2) is 16.8. The summed E-state index contributed by atoms with van der Waals surface area (Å²) in [6.07, 6.45) is -4.24. The molecule has 5 rings (SSSR count). The highest BCUT2D eigenvalue weighted by molar-refractivity contribution is 7.86. The number of hydrogen-bond acceptors (Lipinski definition) is 9. The monoisotopic (exact) mass is 660 g/mol. The van der Waals surface area contributed by atoms with Crippen molar-refractivity contribution >= 4 is 16.1 Å². The van der Waals surface area contributed by atoms with E-state index in [4.69, 9.17) is 27.9 Å². The van der Waals surface area contributed by atoms with Crippen LogP contribution >= 0.6 is 0 Å². The summed E-state index contributed by atoms with van der Waals surface area (Å²) in [5.41, 5.74) is 3.63. The van der Waals surface area contributed by atoms with Gasteiger partial charge in [-0.1, -0.05) is 109 Å². The van der Waals surface area contributed by atoms with E-state index in [-0.39, 0.29) is 31.1 Å². The minimum Gasteiger partial charge on any atom is -0.467 e. The molecule has 0 amide bonds. The van der Waals surface area contributed by atoms with Crippen molar-refractivity contribution in [1.82, 2.24) is 0 Å². The van der Waals surface area contributed by atoms with Crippen LogP contribution in [0.1, 0.15) is 28.7 Å². The van der Waals surface area contributed by atoms with E-state index >= 15 is 0 Å². The SMILES string of the molecule is COC(=O)[C@@H]1C[C@@H](OCc2ccccc2)[C@@H](OCc2ccccc2)[C@@H]([C@@H](COS(=O)(=O)c2ccc(C)cc2)OCc2ccccc2)O1. The number of carbonyl (C=O) groups excluding carboxylic acids is 1. The summed E-state index contributed by atoms with van der Waals surface area (Å²) in [4.78, 5) is 13.0. The molecule has 0 unspecified atom stereocenters. The normalized spacial score (nSPS) is 20.4. The zero-order chi connectivity index (χ0) is 33.1. The lowest BCUT2D eigenvalue weighted by Crippen LogP contribution is -2.58. The van der Waals surface area contributed by atoms with Crippen LogP contribution in [0.2, 0.25) is 0 Å². The maximum Gasteiger partial charge on any atom is 0.335 e. The van der Waals surface area contributed by atoms with E-state index in [1.807, 2.05) is 97.9 Å². The average Bonchev–Trinajstić information content (AvgIpc) is 3.11. The first kappa shape index (κ1) is 34.4. The lowest BCUT2D eigenvalue weighted by Gasteiger charge is -2.43. The third kappa shape index (κ3) is 9.80. The summed E-state index contributed by atoms with van der Waals surface area (Å²) >= 11 is 0. The Morgan fingerprint density at radius 1 is 0.766 bits per heavy atom. The van der Waals surface area contributed by atoms with E-state index in [1.54, 1.807) is 12.1 Å². The molecule has 1 saturated heterocycles. The van der Waals surface area contributed by atoms with Crippen LogP contribution in [0.4, 0.5) is 0 Å². The lowest BCUT2D eigenvalue weighted by molar-refractivity contribution is -0.243. The second-order valence-corrected chi connectivity index (χ2v) is 12.9. The summed E-state index contributed by atoms with van der Waals surface area (Å²) in [6, 6.07) is 35.1. The Bertz CT molecular complexity index is 1630. The van der Waals surface area contributed by atoms with Gasteiger partial charge in [0.05, 0.1) is 44.5 Å². The summed E-state index contributed by atoms with van der Waals surface area (Å²) < 4.78 is 63.0. The van der Waals surface area contributed by atoms with Crippen LogP contribution in [0.25, 0.3) is 0 Å². The van der Waals surface area contributed by atoms with Crippen molar-refractivity contribution < 1.29 is 41.1 Å². The Morgan fingerprint density at radius 2 is 1.30 bits per heavy atom. The molecule has 9 nitrogen and oxygen atoms in total. The fraction of sp³-hybridized carbons (Fsp3) is 0.324. The van der Waals surface area contributed by atoms with Crippen LogP contribution in [-0.4, -0.2) is 58.6 Å². The van der Waals surface area contributed by atoms with Gasteiger partial charge in [-0.05, 0) is 35.7 Å². The highest BCUT2D eigenvalue weighted by Crippen LogP contribution is 2.32. The molecule has 0 saturated carbocycles. The molecule has 4 aromatic rings. The van der Waals surface area contributed by atoms with Gasteiger partial charge in [0, 0.05) is 6.42 Å². The van der Waals surface area contributed by atoms with Crippen molar-refractivity contribution in [2.75, 3.05) is 13.7 Å². The quantitative estimate of drug-likeness (QED) is 0.116. The number of hydrogen-bond donors (Lipinski definition) is 0. The Balaban J connectivity index is 1.47. The van der Waals surface area contributed by atoms with E-state index in [9.17, 15) is 13.2 Å². The maximum atomic E-state index is 13.3. The van der Waals surface area contributed by atoms with E-state index < -0.39 is 53.2 Å². The maximum absolute atomic E-state index is 13.3. The first-order valence-corrected chi connectivity index (χ1v) is 16.9. The number of methoxy groups -OCH3 is 1. The first-order chi connectivity index (χ1) is 22.8. The predicted molar refractivity (Wildman–Crippen MR) is 175 cm³/mol. The number of esters is 1. The van der Waals surface area contributed by atoms with Gasteiger partial charge in [0.2, 0.25) is 0 Å². The smallest absolute Gasteiger partial charge is 0.335 e. The Labute approximate surface area is 276 Å². The predicted octanol–water partition coefficient (Wildman–Crippen LogP) is 5.79. The van der Waals surface area contributed by atoms with Gasteiger partial charge < -0.3 is 23.7 Å². The van der Waals surface area contributed by atoms with E-state index in [0.717, 1.165) is 22.3 Å². The Kier molecular flexibility index (Phi) is 12.3. The van der Waals surface area contributed by atoms with Crippen molar-refractivity contribution in [3.63, 3.8) is 0 Å². The number of carbonyl (C=O) groups is 1. The summed E-state index contributed by atoms with van der Waals surface area (Å²) in [7, 11) is -2.87. The molecule has 47 heavy (non-hydrogen) atoms. The molecule has 248 valence electrons. The fourth-order valence-corrected chi connectivity index (χ4v) is 6.23. The van der Waals surface area contributed by atoms with Gasteiger partial charge in [-0.15, -0.1) is 0 Å². The van der Waals surface area contributed by atoms with E-state index in [2.05, 4.69) is 0 Å². The van der Waals surface area contributed by atoms with Crippen molar-refractivity contribution in [1.29, 1.82) is 0 Å². The Hall–Kier alpha value is -3.90. The highest BCUT2D eigenvalue weighted by atomic mass is 32.2. The van der Waals surface area contributed by atoms with Gasteiger partial charge in [-0.2, -0.15) is 8.42 Å². The number of rotatable bonds is 15. The summed E-state index contributed by atoms with van der Waals surface area (Å²) in [5, 5.41) is 0.